The van der Waals surface area contributed by atoms with Gasteiger partial charge in [-0.05, 0) is 30.5 Å². The van der Waals surface area contributed by atoms with Crippen LogP contribution in [0.15, 0.2) is 29.4 Å². The molecule has 1 N–H and O–H groups in total. The molecule has 0 fully saturated rings. The maximum Gasteiger partial charge on any atom is 0.223 e. The molecule has 1 aromatic carbocycles. The molecule has 1 aromatic heterocycles. The van der Waals surface area contributed by atoms with Gasteiger partial charge in [-0.1, -0.05) is 23.3 Å². The quantitative estimate of drug-likeness (QED) is 0.523. The highest BCUT2D eigenvalue weighted by molar-refractivity contribution is 5.86. The fourth-order valence-electron chi connectivity index (χ4n) is 3.10. The van der Waals surface area contributed by atoms with Crippen LogP contribution in [0.5, 0.6) is 0 Å². The average Bonchev–Trinajstić information content (AvgIpc) is 2.87. The number of carbonyl (C=O) groups excluding carboxylic acids is 1. The summed E-state index contributed by atoms with van der Waals surface area (Å²) in [4.78, 5) is 20.2. The summed E-state index contributed by atoms with van der Waals surface area (Å²) < 4.78 is 0. The minimum absolute atomic E-state index is 0.0275. The predicted octanol–water partition coefficient (Wildman–Crippen LogP) is 3.31. The number of nitrogens with one attached hydrogen (secondary N) is 1. The van der Waals surface area contributed by atoms with E-state index in [0.29, 0.717) is 6.54 Å². The van der Waals surface area contributed by atoms with Gasteiger partial charge >= 0.3 is 0 Å². The number of hydrogen-bond donors (Lipinski definition) is 1. The van der Waals surface area contributed by atoms with Crippen molar-refractivity contribution in [1.29, 1.82) is 0 Å². The maximum atomic E-state index is 12.2. The molecule has 108 valence electrons. The molecule has 2 aromatic rings. The van der Waals surface area contributed by atoms with E-state index in [9.17, 15) is 4.79 Å². The molecule has 1 atom stereocenters. The third-order valence-corrected chi connectivity index (χ3v) is 4.14. The Bertz CT molecular complexity index is 729. The van der Waals surface area contributed by atoms with Crippen LogP contribution in [-0.4, -0.2) is 28.9 Å². The number of para-hydroxylation sites is 1. The van der Waals surface area contributed by atoms with Gasteiger partial charge in [-0.15, -0.1) is 0 Å². The fourth-order valence-corrected chi connectivity index (χ4v) is 3.10. The van der Waals surface area contributed by atoms with Crippen LogP contribution in [0.4, 0.5) is 0 Å². The highest BCUT2D eigenvalue weighted by Crippen LogP contribution is 2.34. The van der Waals surface area contributed by atoms with E-state index in [1.54, 1.807) is 0 Å². The molecule has 6 heteroatoms. The lowest BCUT2D eigenvalue weighted by molar-refractivity contribution is -0.133. The van der Waals surface area contributed by atoms with Crippen LogP contribution in [0.3, 0.4) is 0 Å². The molecule has 0 saturated carbocycles. The van der Waals surface area contributed by atoms with Gasteiger partial charge in [0.25, 0.3) is 0 Å². The summed E-state index contributed by atoms with van der Waals surface area (Å²) in [6.45, 7) is 2.97. The van der Waals surface area contributed by atoms with Crippen molar-refractivity contribution in [3.8, 4) is 0 Å². The summed E-state index contributed by atoms with van der Waals surface area (Å²) in [6, 6.07) is 8.26. The van der Waals surface area contributed by atoms with Crippen LogP contribution < -0.4 is 0 Å². The summed E-state index contributed by atoms with van der Waals surface area (Å²) in [5.41, 5.74) is 11.8. The molecule has 0 radical (unpaired) electrons. The number of rotatable bonds is 3. The summed E-state index contributed by atoms with van der Waals surface area (Å²) in [6.07, 6.45) is 1.13. The first-order chi connectivity index (χ1) is 10.2. The molecule has 2 heterocycles. The van der Waals surface area contributed by atoms with Crippen LogP contribution >= 0.6 is 0 Å². The molecule has 0 bridgehead atoms. The lowest BCUT2D eigenvalue weighted by Crippen LogP contribution is -2.39. The molecule has 21 heavy (non-hydrogen) atoms. The Balaban J connectivity index is 1.86. The van der Waals surface area contributed by atoms with Crippen LogP contribution in [0, 0.1) is 0 Å². The first kappa shape index (κ1) is 13.5. The zero-order valence-electron chi connectivity index (χ0n) is 11.9. The van der Waals surface area contributed by atoms with Crippen LogP contribution in [0.25, 0.3) is 21.3 Å². The van der Waals surface area contributed by atoms with Gasteiger partial charge in [0.15, 0.2) is 0 Å². The smallest absolute Gasteiger partial charge is 0.223 e. The Morgan fingerprint density at radius 1 is 1.52 bits per heavy atom. The van der Waals surface area contributed by atoms with Crippen molar-refractivity contribution in [2.75, 3.05) is 13.1 Å². The highest BCUT2D eigenvalue weighted by atomic mass is 16.2. The molecule has 1 amide bonds. The van der Waals surface area contributed by atoms with Gasteiger partial charge in [-0.2, -0.15) is 0 Å². The SMILES string of the molecule is CC1c2[nH]c3ccccc3c2CCN1C(=O)CCN=[N+]=[N-]. The summed E-state index contributed by atoms with van der Waals surface area (Å²) in [5.74, 6) is 0.0409. The normalized spacial score (nSPS) is 17.4. The fraction of sp³-hybridized carbons (Fsp3) is 0.400. The first-order valence-electron chi connectivity index (χ1n) is 7.12. The number of hydrogen-bond acceptors (Lipinski definition) is 2. The number of carbonyl (C=O) groups is 1. The Morgan fingerprint density at radius 2 is 2.33 bits per heavy atom. The second-order valence-electron chi connectivity index (χ2n) is 5.28. The molecular weight excluding hydrogens is 266 g/mol. The molecule has 1 unspecified atom stereocenters. The first-order valence-corrected chi connectivity index (χ1v) is 7.12. The van der Waals surface area contributed by atoms with Gasteiger partial charge < -0.3 is 9.88 Å². The van der Waals surface area contributed by atoms with E-state index in [1.807, 2.05) is 24.0 Å². The van der Waals surface area contributed by atoms with Gasteiger partial charge in [0.05, 0.1) is 6.04 Å². The van der Waals surface area contributed by atoms with E-state index in [4.69, 9.17) is 5.53 Å². The van der Waals surface area contributed by atoms with Gasteiger partial charge in [0.2, 0.25) is 5.91 Å². The lowest BCUT2D eigenvalue weighted by atomic mass is 9.98. The third-order valence-electron chi connectivity index (χ3n) is 4.14. The van der Waals surface area contributed by atoms with Gasteiger partial charge in [-0.25, -0.2) is 0 Å². The Kier molecular flexibility index (Phi) is 3.54. The van der Waals surface area contributed by atoms with Crippen molar-refractivity contribution in [2.24, 2.45) is 5.11 Å². The number of nitrogens with zero attached hydrogens (tertiary/aromatic N) is 4. The lowest BCUT2D eigenvalue weighted by Gasteiger charge is -2.33. The Morgan fingerprint density at radius 3 is 3.14 bits per heavy atom. The number of H-pyrrole nitrogens is 1. The standard InChI is InChI=1S/C15H17N5O/c1-10-15-12(11-4-2-3-5-13(11)18-15)7-9-20(10)14(21)6-8-17-19-16/h2-5,10,18H,6-9H2,1H3. The van der Waals surface area contributed by atoms with E-state index in [2.05, 4.69) is 27.1 Å². The third kappa shape index (κ3) is 2.34. The summed E-state index contributed by atoms with van der Waals surface area (Å²) in [5, 5.41) is 4.69. The summed E-state index contributed by atoms with van der Waals surface area (Å²) >= 11 is 0. The van der Waals surface area contributed by atoms with Crippen molar-refractivity contribution in [1.82, 2.24) is 9.88 Å². The number of benzene rings is 1. The van der Waals surface area contributed by atoms with E-state index in [-0.39, 0.29) is 24.9 Å². The zero-order valence-corrected chi connectivity index (χ0v) is 11.9. The van der Waals surface area contributed by atoms with Gasteiger partial charge in [-0.3, -0.25) is 4.79 Å². The minimum Gasteiger partial charge on any atom is -0.356 e. The minimum atomic E-state index is 0.0275. The van der Waals surface area contributed by atoms with E-state index < -0.39 is 0 Å². The zero-order chi connectivity index (χ0) is 14.8. The predicted molar refractivity (Wildman–Crippen MR) is 80.8 cm³/mol. The van der Waals surface area contributed by atoms with Gasteiger partial charge in [0, 0.05) is 41.0 Å². The largest absolute Gasteiger partial charge is 0.356 e. The summed E-state index contributed by atoms with van der Waals surface area (Å²) in [7, 11) is 0. The number of aromatic nitrogens is 1. The monoisotopic (exact) mass is 283 g/mol. The second-order valence-corrected chi connectivity index (χ2v) is 5.28. The average molecular weight is 283 g/mol. The molecule has 1 aliphatic heterocycles. The molecule has 1 aliphatic rings. The highest BCUT2D eigenvalue weighted by Gasteiger charge is 2.29. The second kappa shape index (κ2) is 5.50. The number of amides is 1. The van der Waals surface area contributed by atoms with Crippen molar-refractivity contribution in [3.05, 3.63) is 46.0 Å². The number of aromatic amines is 1. The Labute approximate surface area is 122 Å². The van der Waals surface area contributed by atoms with Crippen molar-refractivity contribution in [3.63, 3.8) is 0 Å². The van der Waals surface area contributed by atoms with E-state index >= 15 is 0 Å². The number of azide groups is 1. The molecular formula is C15H17N5O. The number of fused-ring (bicyclic) bond motifs is 3. The Hall–Kier alpha value is -2.46. The van der Waals surface area contributed by atoms with E-state index in [1.165, 1.54) is 10.9 Å². The maximum absolute atomic E-state index is 12.2. The van der Waals surface area contributed by atoms with Crippen LogP contribution in [-0.2, 0) is 11.2 Å². The molecule has 0 spiro atoms. The van der Waals surface area contributed by atoms with Crippen molar-refractivity contribution < 1.29 is 4.79 Å². The van der Waals surface area contributed by atoms with Gasteiger partial charge in [0.1, 0.15) is 0 Å². The van der Waals surface area contributed by atoms with Crippen molar-refractivity contribution in [2.45, 2.75) is 25.8 Å². The van der Waals surface area contributed by atoms with Crippen molar-refractivity contribution >= 4 is 16.8 Å². The molecule has 6 nitrogen and oxygen atoms in total. The topological polar surface area (TPSA) is 84.9 Å². The van der Waals surface area contributed by atoms with E-state index in [0.717, 1.165) is 17.6 Å². The van der Waals surface area contributed by atoms with Crippen LogP contribution in [0.2, 0.25) is 0 Å². The van der Waals surface area contributed by atoms with Crippen LogP contribution in [0.1, 0.15) is 30.6 Å². The molecule has 0 saturated heterocycles. The molecule has 0 aliphatic carbocycles. The molecule has 3 rings (SSSR count).